The van der Waals surface area contributed by atoms with Crippen LogP contribution in [0.15, 0.2) is 0 Å². The van der Waals surface area contributed by atoms with Crippen LogP contribution in [0.2, 0.25) is 0 Å². The fourth-order valence-corrected chi connectivity index (χ4v) is 3.17. The van der Waals surface area contributed by atoms with E-state index in [0.29, 0.717) is 19.6 Å². The molecule has 1 rings (SSSR count). The highest BCUT2D eigenvalue weighted by Gasteiger charge is 2.58. The minimum Gasteiger partial charge on any atom is -0.380 e. The van der Waals surface area contributed by atoms with Gasteiger partial charge in [0.15, 0.2) is 9.84 Å². The van der Waals surface area contributed by atoms with Crippen LogP contribution in [-0.4, -0.2) is 38.2 Å². The largest absolute Gasteiger partial charge is 0.380 e. The molecule has 1 aliphatic carbocycles. The Bertz CT molecular complexity index is 275. The van der Waals surface area contributed by atoms with Gasteiger partial charge in [0.05, 0.1) is 17.4 Å². The third kappa shape index (κ3) is 2.21. The summed E-state index contributed by atoms with van der Waals surface area (Å²) in [5, 5.41) is -0.378. The molecule has 0 aliphatic heterocycles. The van der Waals surface area contributed by atoms with Gasteiger partial charge in [0, 0.05) is 12.4 Å². The van der Waals surface area contributed by atoms with Crippen molar-refractivity contribution in [2.45, 2.75) is 31.1 Å². The van der Waals surface area contributed by atoms with Crippen molar-refractivity contribution < 1.29 is 13.2 Å². The molecule has 1 saturated carbocycles. The minimum atomic E-state index is -2.97. The highest BCUT2D eigenvalue weighted by molar-refractivity contribution is 7.92. The second-order valence-electron chi connectivity index (χ2n) is 3.51. The SMILES string of the molecule is CCOCC1(N)CC1S(=O)(=O)CC. The molecular formula is C8H17NO3S. The zero-order valence-electron chi connectivity index (χ0n) is 8.12. The minimum absolute atomic E-state index is 0.169. The summed E-state index contributed by atoms with van der Waals surface area (Å²) in [6.07, 6.45) is 0.545. The summed E-state index contributed by atoms with van der Waals surface area (Å²) in [6.45, 7) is 4.45. The number of nitrogens with two attached hydrogens (primary N) is 1. The first-order valence-electron chi connectivity index (χ1n) is 4.54. The van der Waals surface area contributed by atoms with Crippen LogP contribution in [0.3, 0.4) is 0 Å². The second-order valence-corrected chi connectivity index (χ2v) is 5.99. The molecule has 5 heteroatoms. The summed E-state index contributed by atoms with van der Waals surface area (Å²) in [6, 6.07) is 0. The van der Waals surface area contributed by atoms with Crippen LogP contribution in [0.1, 0.15) is 20.3 Å². The highest BCUT2D eigenvalue weighted by atomic mass is 32.2. The van der Waals surface area contributed by atoms with Gasteiger partial charge in [-0.3, -0.25) is 0 Å². The summed E-state index contributed by atoms with van der Waals surface area (Å²) in [5.74, 6) is 0.169. The van der Waals surface area contributed by atoms with Gasteiger partial charge in [0.2, 0.25) is 0 Å². The maximum absolute atomic E-state index is 11.4. The Kier molecular flexibility index (Phi) is 2.99. The van der Waals surface area contributed by atoms with Crippen LogP contribution in [-0.2, 0) is 14.6 Å². The molecule has 2 N–H and O–H groups in total. The summed E-state index contributed by atoms with van der Waals surface area (Å²) < 4.78 is 28.0. The van der Waals surface area contributed by atoms with E-state index in [1.807, 2.05) is 6.92 Å². The van der Waals surface area contributed by atoms with Crippen molar-refractivity contribution in [3.8, 4) is 0 Å². The molecule has 0 bridgehead atoms. The molecular weight excluding hydrogens is 190 g/mol. The second kappa shape index (κ2) is 3.55. The molecule has 2 unspecified atom stereocenters. The molecule has 0 spiro atoms. The lowest BCUT2D eigenvalue weighted by Gasteiger charge is -2.10. The van der Waals surface area contributed by atoms with E-state index in [2.05, 4.69) is 0 Å². The van der Waals surface area contributed by atoms with Gasteiger partial charge in [-0.25, -0.2) is 8.42 Å². The average Bonchev–Trinajstić information content (AvgIpc) is 2.76. The first kappa shape index (κ1) is 10.9. The van der Waals surface area contributed by atoms with Gasteiger partial charge in [-0.15, -0.1) is 0 Å². The highest BCUT2D eigenvalue weighted by Crippen LogP contribution is 2.40. The third-order valence-electron chi connectivity index (χ3n) is 2.46. The molecule has 13 heavy (non-hydrogen) atoms. The molecule has 4 nitrogen and oxygen atoms in total. The van der Waals surface area contributed by atoms with E-state index in [-0.39, 0.29) is 11.0 Å². The zero-order chi connectivity index (χ0) is 10.1. The standard InChI is InChI=1S/C8H17NO3S/c1-3-12-6-8(9)5-7(8)13(10,11)4-2/h7H,3-6,9H2,1-2H3. The Balaban J connectivity index is 2.53. The van der Waals surface area contributed by atoms with Gasteiger partial charge in [0.1, 0.15) is 0 Å². The quantitative estimate of drug-likeness (QED) is 0.685. The number of ether oxygens (including phenoxy) is 1. The normalized spacial score (nSPS) is 33.3. The van der Waals surface area contributed by atoms with E-state index in [1.54, 1.807) is 6.92 Å². The predicted molar refractivity (Wildman–Crippen MR) is 51.3 cm³/mol. The molecule has 0 aromatic rings. The molecule has 0 saturated heterocycles. The molecule has 0 heterocycles. The van der Waals surface area contributed by atoms with Crippen molar-refractivity contribution >= 4 is 9.84 Å². The van der Waals surface area contributed by atoms with Crippen molar-refractivity contribution in [1.29, 1.82) is 0 Å². The number of hydrogen-bond acceptors (Lipinski definition) is 4. The monoisotopic (exact) mass is 207 g/mol. The fraction of sp³-hybridized carbons (Fsp3) is 1.00. The molecule has 0 aromatic heterocycles. The molecule has 0 amide bonds. The van der Waals surface area contributed by atoms with Gasteiger partial charge in [-0.2, -0.15) is 0 Å². The Hall–Kier alpha value is -0.130. The smallest absolute Gasteiger partial charge is 0.154 e. The predicted octanol–water partition coefficient (Wildman–Crippen LogP) is -0.0726. The maximum Gasteiger partial charge on any atom is 0.154 e. The van der Waals surface area contributed by atoms with Crippen LogP contribution >= 0.6 is 0 Å². The van der Waals surface area contributed by atoms with E-state index in [4.69, 9.17) is 10.5 Å². The third-order valence-corrected chi connectivity index (χ3v) is 4.77. The van der Waals surface area contributed by atoms with Crippen LogP contribution < -0.4 is 5.73 Å². The Morgan fingerprint density at radius 3 is 2.62 bits per heavy atom. The summed E-state index contributed by atoms with van der Waals surface area (Å²) in [5.41, 5.74) is 5.23. The first-order chi connectivity index (χ1) is 5.96. The lowest BCUT2D eigenvalue weighted by atomic mass is 10.3. The lowest BCUT2D eigenvalue weighted by Crippen LogP contribution is -2.36. The Morgan fingerprint density at radius 2 is 2.15 bits per heavy atom. The van der Waals surface area contributed by atoms with Crippen molar-refractivity contribution in [3.63, 3.8) is 0 Å². The topological polar surface area (TPSA) is 69.4 Å². The van der Waals surface area contributed by atoms with Gasteiger partial charge in [-0.05, 0) is 13.3 Å². The van der Waals surface area contributed by atoms with E-state index in [9.17, 15) is 8.42 Å². The van der Waals surface area contributed by atoms with Crippen molar-refractivity contribution in [3.05, 3.63) is 0 Å². The summed E-state index contributed by atoms with van der Waals surface area (Å²) in [4.78, 5) is 0. The van der Waals surface area contributed by atoms with Crippen molar-refractivity contribution in [1.82, 2.24) is 0 Å². The Morgan fingerprint density at radius 1 is 1.54 bits per heavy atom. The number of sulfone groups is 1. The van der Waals surface area contributed by atoms with Crippen LogP contribution in [0.4, 0.5) is 0 Å². The zero-order valence-corrected chi connectivity index (χ0v) is 8.93. The van der Waals surface area contributed by atoms with Gasteiger partial charge in [-0.1, -0.05) is 6.92 Å². The number of rotatable bonds is 5. The summed E-state index contributed by atoms with van der Waals surface area (Å²) in [7, 11) is -2.97. The molecule has 1 aliphatic rings. The van der Waals surface area contributed by atoms with Crippen LogP contribution in [0, 0.1) is 0 Å². The molecule has 0 aromatic carbocycles. The lowest BCUT2D eigenvalue weighted by molar-refractivity contribution is 0.127. The van der Waals surface area contributed by atoms with Crippen molar-refractivity contribution in [2.75, 3.05) is 19.0 Å². The fourth-order valence-electron chi connectivity index (χ4n) is 1.42. The summed E-state index contributed by atoms with van der Waals surface area (Å²) >= 11 is 0. The van der Waals surface area contributed by atoms with E-state index < -0.39 is 15.4 Å². The van der Waals surface area contributed by atoms with Crippen molar-refractivity contribution in [2.24, 2.45) is 5.73 Å². The molecule has 0 radical (unpaired) electrons. The number of hydrogen-bond donors (Lipinski definition) is 1. The molecule has 1 fully saturated rings. The first-order valence-corrected chi connectivity index (χ1v) is 6.26. The molecule has 2 atom stereocenters. The van der Waals surface area contributed by atoms with Gasteiger partial charge >= 0.3 is 0 Å². The van der Waals surface area contributed by atoms with Gasteiger partial charge in [0.25, 0.3) is 0 Å². The van der Waals surface area contributed by atoms with E-state index >= 15 is 0 Å². The van der Waals surface area contributed by atoms with E-state index in [0.717, 1.165) is 0 Å². The average molecular weight is 207 g/mol. The maximum atomic E-state index is 11.4. The van der Waals surface area contributed by atoms with Crippen LogP contribution in [0.5, 0.6) is 0 Å². The van der Waals surface area contributed by atoms with E-state index in [1.165, 1.54) is 0 Å². The molecule has 78 valence electrons. The van der Waals surface area contributed by atoms with Gasteiger partial charge < -0.3 is 10.5 Å². The van der Waals surface area contributed by atoms with Crippen LogP contribution in [0.25, 0.3) is 0 Å². The Labute approximate surface area is 79.4 Å².